The molecule has 1 saturated carbocycles. The Morgan fingerprint density at radius 1 is 1.30 bits per heavy atom. The lowest BCUT2D eigenvalue weighted by atomic mass is 9.78. The molecule has 2 aliphatic rings. The van der Waals surface area contributed by atoms with Crippen molar-refractivity contribution in [2.75, 3.05) is 6.61 Å². The van der Waals surface area contributed by atoms with Crippen molar-refractivity contribution in [3.05, 3.63) is 30.1 Å². The topological polar surface area (TPSA) is 34.1 Å². The van der Waals surface area contributed by atoms with Crippen molar-refractivity contribution in [1.82, 2.24) is 10.3 Å². The van der Waals surface area contributed by atoms with Crippen molar-refractivity contribution in [2.45, 2.75) is 69.6 Å². The SMILES string of the molecule is C[C@@H](NC1CCOC2(CCCCC2)C1)c1ccccn1. The van der Waals surface area contributed by atoms with Gasteiger partial charge in [-0.25, -0.2) is 0 Å². The number of ether oxygens (including phenoxy) is 1. The van der Waals surface area contributed by atoms with Gasteiger partial charge in [0.25, 0.3) is 0 Å². The Bertz CT molecular complexity index is 409. The van der Waals surface area contributed by atoms with E-state index in [0.717, 1.165) is 18.7 Å². The van der Waals surface area contributed by atoms with Crippen molar-refractivity contribution >= 4 is 0 Å². The molecule has 0 radical (unpaired) electrons. The Hall–Kier alpha value is -0.930. The molecule has 0 bridgehead atoms. The summed E-state index contributed by atoms with van der Waals surface area (Å²) in [5, 5.41) is 3.76. The lowest BCUT2D eigenvalue weighted by Gasteiger charge is -2.44. The second-order valence-corrected chi connectivity index (χ2v) is 6.42. The molecule has 110 valence electrons. The second kappa shape index (κ2) is 6.23. The maximum Gasteiger partial charge on any atom is 0.0697 e. The summed E-state index contributed by atoms with van der Waals surface area (Å²) in [5.74, 6) is 0. The van der Waals surface area contributed by atoms with E-state index in [1.165, 1.54) is 38.5 Å². The highest BCUT2D eigenvalue weighted by Gasteiger charge is 2.38. The Morgan fingerprint density at radius 3 is 2.90 bits per heavy atom. The summed E-state index contributed by atoms with van der Waals surface area (Å²) < 4.78 is 6.17. The summed E-state index contributed by atoms with van der Waals surface area (Å²) in [4.78, 5) is 4.45. The van der Waals surface area contributed by atoms with E-state index in [1.54, 1.807) is 0 Å². The number of rotatable bonds is 3. The second-order valence-electron chi connectivity index (χ2n) is 6.42. The fraction of sp³-hybridized carbons (Fsp3) is 0.706. The molecule has 1 aliphatic heterocycles. The molecule has 1 spiro atoms. The van der Waals surface area contributed by atoms with Gasteiger partial charge in [0.2, 0.25) is 0 Å². The minimum atomic E-state index is 0.179. The molecule has 0 amide bonds. The molecular weight excluding hydrogens is 248 g/mol. The molecule has 3 rings (SSSR count). The Kier molecular flexibility index (Phi) is 4.37. The van der Waals surface area contributed by atoms with Crippen LogP contribution in [-0.2, 0) is 4.74 Å². The van der Waals surface area contributed by atoms with Crippen LogP contribution in [0.2, 0.25) is 0 Å². The van der Waals surface area contributed by atoms with Gasteiger partial charge >= 0.3 is 0 Å². The predicted octanol–water partition coefficient (Wildman–Crippen LogP) is 3.61. The van der Waals surface area contributed by atoms with Crippen LogP contribution in [-0.4, -0.2) is 23.2 Å². The molecule has 2 fully saturated rings. The number of pyridine rings is 1. The third-order valence-corrected chi connectivity index (χ3v) is 4.87. The van der Waals surface area contributed by atoms with Crippen molar-refractivity contribution in [2.24, 2.45) is 0 Å². The van der Waals surface area contributed by atoms with Gasteiger partial charge in [0.1, 0.15) is 0 Å². The quantitative estimate of drug-likeness (QED) is 0.914. The number of nitrogens with zero attached hydrogens (tertiary/aromatic N) is 1. The van der Waals surface area contributed by atoms with E-state index < -0.39 is 0 Å². The molecule has 1 aliphatic carbocycles. The van der Waals surface area contributed by atoms with E-state index in [0.29, 0.717) is 12.1 Å². The molecule has 1 N–H and O–H groups in total. The lowest BCUT2D eigenvalue weighted by molar-refractivity contribution is -0.110. The van der Waals surface area contributed by atoms with Gasteiger partial charge in [0, 0.05) is 24.9 Å². The zero-order valence-corrected chi connectivity index (χ0v) is 12.5. The normalized spacial score (nSPS) is 27.4. The van der Waals surface area contributed by atoms with Crippen molar-refractivity contribution in [3.8, 4) is 0 Å². The first-order valence-corrected chi connectivity index (χ1v) is 8.08. The Labute approximate surface area is 122 Å². The zero-order valence-electron chi connectivity index (χ0n) is 12.5. The minimum absolute atomic E-state index is 0.179. The van der Waals surface area contributed by atoms with Gasteiger partial charge in [0.15, 0.2) is 0 Å². The smallest absolute Gasteiger partial charge is 0.0697 e. The average molecular weight is 274 g/mol. The maximum atomic E-state index is 6.17. The summed E-state index contributed by atoms with van der Waals surface area (Å²) in [5.41, 5.74) is 1.31. The van der Waals surface area contributed by atoms with E-state index in [4.69, 9.17) is 4.74 Å². The van der Waals surface area contributed by atoms with E-state index in [-0.39, 0.29) is 5.60 Å². The molecule has 2 atom stereocenters. The van der Waals surface area contributed by atoms with Gasteiger partial charge in [0.05, 0.1) is 11.3 Å². The maximum absolute atomic E-state index is 6.17. The minimum Gasteiger partial charge on any atom is -0.375 e. The summed E-state index contributed by atoms with van der Waals surface area (Å²) >= 11 is 0. The van der Waals surface area contributed by atoms with Gasteiger partial charge in [-0.05, 0) is 44.7 Å². The van der Waals surface area contributed by atoms with Gasteiger partial charge in [-0.15, -0.1) is 0 Å². The van der Waals surface area contributed by atoms with Crippen molar-refractivity contribution in [3.63, 3.8) is 0 Å². The van der Waals surface area contributed by atoms with Gasteiger partial charge in [-0.3, -0.25) is 4.98 Å². The van der Waals surface area contributed by atoms with Gasteiger partial charge < -0.3 is 10.1 Å². The van der Waals surface area contributed by atoms with Crippen LogP contribution in [0.3, 0.4) is 0 Å². The summed E-state index contributed by atoms with van der Waals surface area (Å²) in [6.07, 6.45) is 10.7. The molecule has 1 aromatic rings. The average Bonchev–Trinajstić information content (AvgIpc) is 2.49. The first-order valence-electron chi connectivity index (χ1n) is 8.08. The summed E-state index contributed by atoms with van der Waals surface area (Å²) in [6, 6.07) is 7.03. The van der Waals surface area contributed by atoms with E-state index in [9.17, 15) is 0 Å². The van der Waals surface area contributed by atoms with E-state index in [1.807, 2.05) is 12.3 Å². The van der Waals surface area contributed by atoms with Crippen LogP contribution in [0.15, 0.2) is 24.4 Å². The molecule has 3 nitrogen and oxygen atoms in total. The number of hydrogen-bond acceptors (Lipinski definition) is 3. The molecule has 1 saturated heterocycles. The molecule has 2 heterocycles. The molecule has 3 heteroatoms. The molecule has 0 aromatic carbocycles. The monoisotopic (exact) mass is 274 g/mol. The Morgan fingerprint density at radius 2 is 2.15 bits per heavy atom. The van der Waals surface area contributed by atoms with Crippen LogP contribution in [0.4, 0.5) is 0 Å². The third kappa shape index (κ3) is 3.21. The van der Waals surface area contributed by atoms with Crippen LogP contribution < -0.4 is 5.32 Å². The van der Waals surface area contributed by atoms with E-state index in [2.05, 4.69) is 29.4 Å². The van der Waals surface area contributed by atoms with Crippen LogP contribution in [0, 0.1) is 0 Å². The van der Waals surface area contributed by atoms with Crippen molar-refractivity contribution < 1.29 is 4.74 Å². The van der Waals surface area contributed by atoms with Crippen molar-refractivity contribution in [1.29, 1.82) is 0 Å². The highest BCUT2D eigenvalue weighted by molar-refractivity contribution is 5.08. The lowest BCUT2D eigenvalue weighted by Crippen LogP contribution is -2.48. The van der Waals surface area contributed by atoms with Crippen LogP contribution in [0.25, 0.3) is 0 Å². The molecule has 1 unspecified atom stereocenters. The van der Waals surface area contributed by atoms with Crippen LogP contribution in [0.5, 0.6) is 0 Å². The Balaban J connectivity index is 1.60. The fourth-order valence-electron chi connectivity index (χ4n) is 3.79. The zero-order chi connectivity index (χ0) is 13.8. The highest BCUT2D eigenvalue weighted by atomic mass is 16.5. The molecule has 20 heavy (non-hydrogen) atoms. The largest absolute Gasteiger partial charge is 0.375 e. The molecular formula is C17H26N2O. The van der Waals surface area contributed by atoms with E-state index >= 15 is 0 Å². The third-order valence-electron chi connectivity index (χ3n) is 4.87. The number of aromatic nitrogens is 1. The molecule has 1 aromatic heterocycles. The predicted molar refractivity (Wildman–Crippen MR) is 80.6 cm³/mol. The standard InChI is InChI=1S/C17H26N2O/c1-14(16-7-3-6-11-18-16)19-15-8-12-20-17(13-15)9-4-2-5-10-17/h3,6-7,11,14-15,19H,2,4-5,8-10,12-13H2,1H3/t14-,15?/m1/s1. The summed E-state index contributed by atoms with van der Waals surface area (Å²) in [6.45, 7) is 3.12. The first kappa shape index (κ1) is 14.0. The fourth-order valence-corrected chi connectivity index (χ4v) is 3.79. The summed E-state index contributed by atoms with van der Waals surface area (Å²) in [7, 11) is 0. The van der Waals surface area contributed by atoms with Crippen LogP contribution >= 0.6 is 0 Å². The van der Waals surface area contributed by atoms with Crippen LogP contribution in [0.1, 0.15) is 63.6 Å². The first-order chi connectivity index (χ1) is 9.77. The van der Waals surface area contributed by atoms with Gasteiger partial charge in [-0.2, -0.15) is 0 Å². The van der Waals surface area contributed by atoms with Gasteiger partial charge in [-0.1, -0.05) is 25.3 Å². The highest BCUT2D eigenvalue weighted by Crippen LogP contribution is 2.38. The number of nitrogens with one attached hydrogen (secondary N) is 1. The number of hydrogen-bond donors (Lipinski definition) is 1.